The normalized spacial score (nSPS) is 27.5. The number of thiocarbonyl (C=S) groups is 1. The zero-order valence-electron chi connectivity index (χ0n) is 19.0. The lowest BCUT2D eigenvalue weighted by Crippen LogP contribution is -2.53. The molecule has 1 saturated heterocycles. The minimum Gasteiger partial charge on any atom is -0.360 e. The van der Waals surface area contributed by atoms with E-state index in [9.17, 15) is 4.79 Å². The van der Waals surface area contributed by atoms with E-state index in [0.717, 1.165) is 43.3 Å². The van der Waals surface area contributed by atoms with Crippen molar-refractivity contribution in [1.29, 1.82) is 0 Å². The molecular weight excluding hydrogens is 404 g/mol. The Balaban J connectivity index is 1.47. The Bertz CT molecular complexity index is 856. The smallest absolute Gasteiger partial charge is 0.274 e. The van der Waals surface area contributed by atoms with Gasteiger partial charge in [-0.2, -0.15) is 0 Å². The first-order valence-corrected chi connectivity index (χ1v) is 13.0. The molecule has 1 N–H and O–H groups in total. The lowest BCUT2D eigenvalue weighted by molar-refractivity contribution is 0.145. The predicted octanol–water partition coefficient (Wildman–Crippen LogP) is 4.24. The third-order valence-electron chi connectivity index (χ3n) is 8.12. The number of nitrogens with zero attached hydrogens (tertiary/aromatic N) is 3. The van der Waals surface area contributed by atoms with E-state index in [4.69, 9.17) is 12.2 Å². The van der Waals surface area contributed by atoms with E-state index in [1.807, 2.05) is 0 Å². The summed E-state index contributed by atoms with van der Waals surface area (Å²) in [6.07, 6.45) is 13.5. The molecule has 31 heavy (non-hydrogen) atoms. The molecule has 0 amide bonds. The van der Waals surface area contributed by atoms with Crippen LogP contribution in [-0.4, -0.2) is 46.8 Å². The topological polar surface area (TPSA) is 40.5 Å². The van der Waals surface area contributed by atoms with Gasteiger partial charge >= 0.3 is 0 Å². The van der Waals surface area contributed by atoms with Crippen LogP contribution in [0, 0.1) is 5.92 Å². The zero-order chi connectivity index (χ0) is 21.4. The van der Waals surface area contributed by atoms with Gasteiger partial charge in [-0.15, -0.1) is 0 Å². The first-order chi connectivity index (χ1) is 15.1. The second-order valence-corrected chi connectivity index (χ2v) is 10.9. The van der Waals surface area contributed by atoms with Crippen molar-refractivity contribution >= 4 is 23.0 Å². The molecular formula is C25H38N4OS. The van der Waals surface area contributed by atoms with Gasteiger partial charge in [0.05, 0.1) is 0 Å². The molecule has 3 heterocycles. The number of hydrogen-bond donors (Lipinski definition) is 1. The number of likely N-dealkylation sites (tertiary alicyclic amines) is 1. The van der Waals surface area contributed by atoms with E-state index in [1.165, 1.54) is 63.5 Å². The Morgan fingerprint density at radius 3 is 2.45 bits per heavy atom. The summed E-state index contributed by atoms with van der Waals surface area (Å²) < 4.78 is 2.10. The summed E-state index contributed by atoms with van der Waals surface area (Å²) in [6.45, 7) is 3.01. The molecule has 2 aliphatic heterocycles. The standard InChI is InChI=1S/C25H38N4OS/c1-27-15-18-14-19(17-27)22-12-13-23(24(30)28(22)16-18)29(21-10-6-3-7-11-21)25(31)26-20-8-4-2-5-9-20/h12-13,18-21H,2-11,14-17H2,1H3,(H,26,31)/t18-,19+/m0/s1. The maximum atomic E-state index is 13.8. The molecule has 3 fully saturated rings. The van der Waals surface area contributed by atoms with E-state index in [1.54, 1.807) is 0 Å². The first-order valence-electron chi connectivity index (χ1n) is 12.6. The predicted molar refractivity (Wildman–Crippen MR) is 131 cm³/mol. The van der Waals surface area contributed by atoms with Crippen molar-refractivity contribution in [2.75, 3.05) is 25.0 Å². The molecule has 4 aliphatic rings. The Morgan fingerprint density at radius 2 is 1.71 bits per heavy atom. The zero-order valence-corrected chi connectivity index (χ0v) is 19.8. The molecule has 0 unspecified atom stereocenters. The molecule has 2 bridgehead atoms. The minimum atomic E-state index is 0.176. The number of anilines is 1. The summed E-state index contributed by atoms with van der Waals surface area (Å²) >= 11 is 5.99. The fraction of sp³-hybridized carbons (Fsp3) is 0.760. The third kappa shape index (κ3) is 4.43. The van der Waals surface area contributed by atoms with Crippen LogP contribution in [0.15, 0.2) is 16.9 Å². The maximum absolute atomic E-state index is 13.8. The van der Waals surface area contributed by atoms with Crippen LogP contribution in [0.3, 0.4) is 0 Å². The molecule has 0 aromatic carbocycles. The number of aromatic nitrogens is 1. The van der Waals surface area contributed by atoms with Crippen LogP contribution in [0.5, 0.6) is 0 Å². The third-order valence-corrected chi connectivity index (χ3v) is 8.43. The minimum absolute atomic E-state index is 0.176. The second kappa shape index (κ2) is 9.22. The van der Waals surface area contributed by atoms with Gasteiger partial charge in [0.25, 0.3) is 5.56 Å². The summed E-state index contributed by atoms with van der Waals surface area (Å²) in [5, 5.41) is 4.45. The van der Waals surface area contributed by atoms with Crippen molar-refractivity contribution in [2.24, 2.45) is 5.92 Å². The van der Waals surface area contributed by atoms with Crippen molar-refractivity contribution < 1.29 is 0 Å². The van der Waals surface area contributed by atoms with Crippen LogP contribution in [0.25, 0.3) is 0 Å². The second-order valence-electron chi connectivity index (χ2n) is 10.5. The highest BCUT2D eigenvalue weighted by molar-refractivity contribution is 7.80. The summed E-state index contributed by atoms with van der Waals surface area (Å²) in [7, 11) is 2.21. The molecule has 5 nitrogen and oxygen atoms in total. The van der Waals surface area contributed by atoms with Crippen LogP contribution in [0.1, 0.15) is 82.2 Å². The van der Waals surface area contributed by atoms with Gasteiger partial charge in [0.2, 0.25) is 0 Å². The number of piperidine rings is 1. The van der Waals surface area contributed by atoms with E-state index in [2.05, 4.69) is 38.9 Å². The van der Waals surface area contributed by atoms with Crippen LogP contribution in [0.2, 0.25) is 0 Å². The number of hydrogen-bond acceptors (Lipinski definition) is 3. The average molecular weight is 443 g/mol. The van der Waals surface area contributed by atoms with Crippen molar-refractivity contribution in [3.8, 4) is 0 Å². The highest BCUT2D eigenvalue weighted by Crippen LogP contribution is 2.36. The molecule has 2 saturated carbocycles. The van der Waals surface area contributed by atoms with Gasteiger partial charge in [-0.3, -0.25) is 4.79 Å². The van der Waals surface area contributed by atoms with Crippen LogP contribution in [0.4, 0.5) is 5.69 Å². The summed E-state index contributed by atoms with van der Waals surface area (Å²) in [6, 6.07) is 5.13. The number of fused-ring (bicyclic) bond motifs is 4. The molecule has 1 aromatic rings. The Kier molecular flexibility index (Phi) is 6.38. The fourth-order valence-electron chi connectivity index (χ4n) is 6.66. The van der Waals surface area contributed by atoms with Crippen molar-refractivity contribution in [3.63, 3.8) is 0 Å². The molecule has 170 valence electrons. The summed E-state index contributed by atoms with van der Waals surface area (Å²) in [5.41, 5.74) is 2.21. The summed E-state index contributed by atoms with van der Waals surface area (Å²) in [5.74, 6) is 1.06. The Labute approximate surface area is 192 Å². The quantitative estimate of drug-likeness (QED) is 0.709. The van der Waals surface area contributed by atoms with Gasteiger partial charge < -0.3 is 19.7 Å². The van der Waals surface area contributed by atoms with Crippen LogP contribution < -0.4 is 15.8 Å². The molecule has 0 spiro atoms. The van der Waals surface area contributed by atoms with Gasteiger partial charge in [0.15, 0.2) is 5.11 Å². The molecule has 5 rings (SSSR count). The Morgan fingerprint density at radius 1 is 1.00 bits per heavy atom. The van der Waals surface area contributed by atoms with E-state index in [0.29, 0.717) is 23.9 Å². The van der Waals surface area contributed by atoms with E-state index >= 15 is 0 Å². The van der Waals surface area contributed by atoms with Gasteiger partial charge in [-0.05, 0) is 69.4 Å². The Hall–Kier alpha value is -1.40. The molecule has 2 atom stereocenters. The number of nitrogens with one attached hydrogen (secondary N) is 1. The van der Waals surface area contributed by atoms with Crippen LogP contribution in [-0.2, 0) is 6.54 Å². The number of pyridine rings is 1. The van der Waals surface area contributed by atoms with Gasteiger partial charge in [0.1, 0.15) is 5.69 Å². The average Bonchev–Trinajstić information content (AvgIpc) is 2.77. The first kappa shape index (κ1) is 21.4. The lowest BCUT2D eigenvalue weighted by atomic mass is 9.83. The van der Waals surface area contributed by atoms with Crippen molar-refractivity contribution in [1.82, 2.24) is 14.8 Å². The van der Waals surface area contributed by atoms with E-state index in [-0.39, 0.29) is 5.56 Å². The summed E-state index contributed by atoms with van der Waals surface area (Å²) in [4.78, 5) is 18.5. The molecule has 2 aliphatic carbocycles. The largest absolute Gasteiger partial charge is 0.360 e. The fourth-order valence-corrected chi connectivity index (χ4v) is 7.07. The number of likely N-dealkylation sites (N-methyl/N-ethyl adjacent to an activating group) is 1. The van der Waals surface area contributed by atoms with Gasteiger partial charge in [-0.1, -0.05) is 38.5 Å². The van der Waals surface area contributed by atoms with Crippen molar-refractivity contribution in [2.45, 2.75) is 95.2 Å². The highest BCUT2D eigenvalue weighted by atomic mass is 32.1. The van der Waals surface area contributed by atoms with Gasteiger partial charge in [0, 0.05) is 43.3 Å². The molecule has 1 aromatic heterocycles. The van der Waals surface area contributed by atoms with Gasteiger partial charge in [-0.25, -0.2) is 0 Å². The number of rotatable bonds is 3. The highest BCUT2D eigenvalue weighted by Gasteiger charge is 2.35. The van der Waals surface area contributed by atoms with Crippen molar-refractivity contribution in [3.05, 3.63) is 28.2 Å². The SMILES string of the molecule is CN1C[C@@H]2C[C@H](C1)c1ccc(N(C(=S)NC3CCCCC3)C3CCCCC3)c(=O)n1C2. The molecule has 6 heteroatoms. The maximum Gasteiger partial charge on any atom is 0.274 e. The lowest BCUT2D eigenvalue weighted by Gasteiger charge is -2.42. The van der Waals surface area contributed by atoms with E-state index < -0.39 is 0 Å². The molecule has 0 radical (unpaired) electrons. The van der Waals surface area contributed by atoms with Crippen LogP contribution >= 0.6 is 12.2 Å². The monoisotopic (exact) mass is 442 g/mol.